The number of hydrogen-bond donors (Lipinski definition) is 0. The van der Waals surface area contributed by atoms with Gasteiger partial charge < -0.3 is 0 Å². The summed E-state index contributed by atoms with van der Waals surface area (Å²) in [7, 11) is 0. The molecule has 0 bridgehead atoms. The van der Waals surface area contributed by atoms with Gasteiger partial charge in [-0.25, -0.2) is 0 Å². The molecular formula is C11H19IN4. The van der Waals surface area contributed by atoms with E-state index in [1.54, 1.807) is 0 Å². The molecule has 0 N–H and O–H groups in total. The van der Waals surface area contributed by atoms with Crippen molar-refractivity contribution in [1.29, 1.82) is 0 Å². The van der Waals surface area contributed by atoms with E-state index in [4.69, 9.17) is 0 Å². The van der Waals surface area contributed by atoms with E-state index in [2.05, 4.69) is 55.3 Å². The molecule has 0 radical (unpaired) electrons. The Labute approximate surface area is 111 Å². The predicted octanol–water partition coefficient (Wildman–Crippen LogP) is 3.04. The minimum atomic E-state index is 0.0918. The van der Waals surface area contributed by atoms with Crippen molar-refractivity contribution in [3.63, 3.8) is 0 Å². The molecule has 0 atom stereocenters. The Balaban J connectivity index is 2.54. The molecule has 5 heteroatoms. The fourth-order valence-electron chi connectivity index (χ4n) is 1.42. The van der Waals surface area contributed by atoms with Gasteiger partial charge in [-0.05, 0) is 23.0 Å². The van der Waals surface area contributed by atoms with Crippen molar-refractivity contribution in [1.82, 2.24) is 18.4 Å². The molecule has 0 amide bonds. The van der Waals surface area contributed by atoms with Crippen LogP contribution in [0.1, 0.15) is 39.9 Å². The maximum absolute atomic E-state index is 4.19. The van der Waals surface area contributed by atoms with E-state index in [1.807, 2.05) is 22.9 Å². The lowest BCUT2D eigenvalue weighted by Crippen LogP contribution is -2.13. The highest BCUT2D eigenvalue weighted by atomic mass is 127. The number of hydrogen-bond acceptors (Lipinski definition) is 3. The van der Waals surface area contributed by atoms with E-state index < -0.39 is 0 Å². The second kappa shape index (κ2) is 5.75. The van der Waals surface area contributed by atoms with Gasteiger partial charge in [0.25, 0.3) is 0 Å². The van der Waals surface area contributed by atoms with E-state index in [1.165, 1.54) is 3.01 Å². The topological polar surface area (TPSA) is 43.6 Å². The lowest BCUT2D eigenvalue weighted by atomic mass is 9.88. The van der Waals surface area contributed by atoms with Gasteiger partial charge in [-0.3, -0.25) is 0 Å². The Hall–Kier alpha value is -0.460. The summed E-state index contributed by atoms with van der Waals surface area (Å²) in [6.07, 6.45) is 6.44. The monoisotopic (exact) mass is 334 g/mol. The molecule has 0 unspecified atom stereocenters. The number of nitrogens with zero attached hydrogens (tertiary/aromatic N) is 4. The summed E-state index contributed by atoms with van der Waals surface area (Å²) in [5.41, 5.74) is 0.0918. The van der Waals surface area contributed by atoms with Crippen LogP contribution in [0.3, 0.4) is 0 Å². The van der Waals surface area contributed by atoms with Crippen molar-refractivity contribution in [2.45, 2.75) is 40.5 Å². The highest BCUT2D eigenvalue weighted by Gasteiger charge is 2.17. The van der Waals surface area contributed by atoms with E-state index >= 15 is 0 Å². The van der Waals surface area contributed by atoms with Gasteiger partial charge >= 0.3 is 0 Å². The zero-order chi connectivity index (χ0) is 12.2. The van der Waals surface area contributed by atoms with Gasteiger partial charge in [-0.15, -0.1) is 13.2 Å². The SMILES string of the molecule is CC(C)C/C=C/C(C)(C)Cc1nnn(I)n1. The van der Waals surface area contributed by atoms with Crippen molar-refractivity contribution < 1.29 is 0 Å². The summed E-state index contributed by atoms with van der Waals surface area (Å²) in [5.74, 6) is 1.51. The van der Waals surface area contributed by atoms with Crippen molar-refractivity contribution in [3.8, 4) is 0 Å². The van der Waals surface area contributed by atoms with Crippen LogP contribution in [0.2, 0.25) is 0 Å². The highest BCUT2D eigenvalue weighted by Crippen LogP contribution is 2.22. The molecule has 0 aliphatic rings. The fraction of sp³-hybridized carbons (Fsp3) is 0.727. The Morgan fingerprint density at radius 3 is 2.62 bits per heavy atom. The van der Waals surface area contributed by atoms with Crippen LogP contribution in [0.4, 0.5) is 0 Å². The molecule has 0 saturated heterocycles. The molecule has 0 aliphatic carbocycles. The smallest absolute Gasteiger partial charge is 0.126 e. The normalized spacial score (nSPS) is 12.9. The van der Waals surface area contributed by atoms with Crippen LogP contribution in [0.25, 0.3) is 0 Å². The molecule has 0 fully saturated rings. The summed E-state index contributed by atoms with van der Waals surface area (Å²) in [4.78, 5) is 0. The van der Waals surface area contributed by atoms with Crippen LogP contribution in [0.5, 0.6) is 0 Å². The first kappa shape index (κ1) is 13.6. The number of tetrazole rings is 1. The van der Waals surface area contributed by atoms with Crippen molar-refractivity contribution >= 4 is 22.9 Å². The first-order valence-corrected chi connectivity index (χ1v) is 6.48. The average molecular weight is 334 g/mol. The zero-order valence-corrected chi connectivity index (χ0v) is 12.5. The molecular weight excluding hydrogens is 315 g/mol. The number of aromatic nitrogens is 4. The third kappa shape index (κ3) is 5.05. The highest BCUT2D eigenvalue weighted by molar-refractivity contribution is 14.1. The molecule has 0 aromatic carbocycles. The minimum absolute atomic E-state index is 0.0918. The maximum atomic E-state index is 4.19. The number of halogens is 1. The zero-order valence-electron chi connectivity index (χ0n) is 10.3. The molecule has 0 spiro atoms. The molecule has 90 valence electrons. The molecule has 1 aromatic rings. The maximum Gasteiger partial charge on any atom is 0.176 e. The Morgan fingerprint density at radius 1 is 1.44 bits per heavy atom. The quantitative estimate of drug-likeness (QED) is 0.614. The first-order chi connectivity index (χ1) is 7.39. The van der Waals surface area contributed by atoms with Gasteiger partial charge in [0.05, 0.1) is 0 Å². The molecule has 16 heavy (non-hydrogen) atoms. The van der Waals surface area contributed by atoms with Crippen molar-refractivity contribution in [2.75, 3.05) is 0 Å². The second-order valence-corrected chi connectivity index (χ2v) is 6.01. The van der Waals surface area contributed by atoms with Gasteiger partial charge in [-0.1, -0.05) is 39.8 Å². The molecule has 0 saturated carbocycles. The minimum Gasteiger partial charge on any atom is -0.126 e. The number of rotatable bonds is 5. The summed E-state index contributed by atoms with van der Waals surface area (Å²) < 4.78 is 1.47. The molecule has 1 rings (SSSR count). The van der Waals surface area contributed by atoms with Crippen LogP contribution in [-0.2, 0) is 6.42 Å². The third-order valence-corrected chi connectivity index (χ3v) is 2.63. The van der Waals surface area contributed by atoms with E-state index in [0.29, 0.717) is 5.92 Å². The van der Waals surface area contributed by atoms with Crippen molar-refractivity contribution in [3.05, 3.63) is 18.0 Å². The van der Waals surface area contributed by atoms with E-state index in [-0.39, 0.29) is 5.41 Å². The molecule has 1 aromatic heterocycles. The van der Waals surface area contributed by atoms with Crippen LogP contribution in [0, 0.1) is 11.3 Å². The van der Waals surface area contributed by atoms with E-state index in [9.17, 15) is 0 Å². The van der Waals surface area contributed by atoms with Crippen LogP contribution in [-0.4, -0.2) is 18.4 Å². The standard InChI is InChI=1S/C11H19IN4/c1-9(2)6-5-7-11(3,4)8-10-13-15-16(12)14-10/h5,7,9H,6,8H2,1-4H3/b7-5+. The number of allylic oxidation sites excluding steroid dienone is 2. The predicted molar refractivity (Wildman–Crippen MR) is 73.3 cm³/mol. The summed E-state index contributed by atoms with van der Waals surface area (Å²) in [6, 6.07) is 0. The first-order valence-electron chi connectivity index (χ1n) is 5.52. The third-order valence-electron chi connectivity index (χ3n) is 2.22. The average Bonchev–Trinajstić information content (AvgIpc) is 2.48. The lowest BCUT2D eigenvalue weighted by Gasteiger charge is -2.17. The van der Waals surface area contributed by atoms with E-state index in [0.717, 1.165) is 18.7 Å². The summed E-state index contributed by atoms with van der Waals surface area (Å²) in [6.45, 7) is 8.83. The molecule has 4 nitrogen and oxygen atoms in total. The summed E-state index contributed by atoms with van der Waals surface area (Å²) >= 11 is 2.00. The fourth-order valence-corrected chi connectivity index (χ4v) is 1.77. The van der Waals surface area contributed by atoms with Crippen LogP contribution < -0.4 is 0 Å². The van der Waals surface area contributed by atoms with Gasteiger partial charge in [0.1, 0.15) is 22.9 Å². The van der Waals surface area contributed by atoms with Crippen LogP contribution in [0.15, 0.2) is 12.2 Å². The Kier molecular flexibility index (Phi) is 4.89. The lowest BCUT2D eigenvalue weighted by molar-refractivity contribution is 0.461. The van der Waals surface area contributed by atoms with Crippen molar-refractivity contribution in [2.24, 2.45) is 11.3 Å². The van der Waals surface area contributed by atoms with Gasteiger partial charge in [0.2, 0.25) is 0 Å². The largest absolute Gasteiger partial charge is 0.176 e. The molecule has 0 aliphatic heterocycles. The second-order valence-electron chi connectivity index (χ2n) is 5.14. The van der Waals surface area contributed by atoms with Gasteiger partial charge in [-0.2, -0.15) is 0 Å². The van der Waals surface area contributed by atoms with Crippen LogP contribution >= 0.6 is 22.9 Å². The molecule has 1 heterocycles. The van der Waals surface area contributed by atoms with Gasteiger partial charge in [0, 0.05) is 6.42 Å². The van der Waals surface area contributed by atoms with Gasteiger partial charge in [0.15, 0.2) is 5.82 Å². The Morgan fingerprint density at radius 2 is 2.12 bits per heavy atom. The Bertz CT molecular complexity index is 355. The summed E-state index contributed by atoms with van der Waals surface area (Å²) in [5, 5.41) is 12.0.